The van der Waals surface area contributed by atoms with Crippen molar-refractivity contribution in [3.8, 4) is 11.3 Å². The standard InChI is InChI=1S/C13H17N3O/c1-16(7-8-17)10-12-9-13(15-14-12)11-5-3-2-4-6-11/h2-6,9,17H,7-8,10H2,1H3,(H,14,15). The number of likely N-dealkylation sites (N-methyl/N-ethyl adjacent to an activating group) is 1. The second kappa shape index (κ2) is 5.61. The molecule has 90 valence electrons. The molecule has 0 bridgehead atoms. The summed E-state index contributed by atoms with van der Waals surface area (Å²) in [5, 5.41) is 16.1. The van der Waals surface area contributed by atoms with Gasteiger partial charge in [0.1, 0.15) is 0 Å². The van der Waals surface area contributed by atoms with Gasteiger partial charge < -0.3 is 5.11 Å². The lowest BCUT2D eigenvalue weighted by atomic mass is 10.1. The van der Waals surface area contributed by atoms with Crippen LogP contribution in [0.4, 0.5) is 0 Å². The first kappa shape index (κ1) is 11.8. The Morgan fingerprint density at radius 1 is 1.29 bits per heavy atom. The smallest absolute Gasteiger partial charge is 0.0924 e. The van der Waals surface area contributed by atoms with Gasteiger partial charge in [0, 0.05) is 24.3 Å². The highest BCUT2D eigenvalue weighted by molar-refractivity contribution is 5.58. The van der Waals surface area contributed by atoms with Crippen LogP contribution in [-0.2, 0) is 6.54 Å². The molecule has 0 saturated heterocycles. The molecule has 17 heavy (non-hydrogen) atoms. The van der Waals surface area contributed by atoms with Crippen molar-refractivity contribution in [1.29, 1.82) is 0 Å². The van der Waals surface area contributed by atoms with E-state index in [9.17, 15) is 0 Å². The first-order chi connectivity index (χ1) is 8.29. The topological polar surface area (TPSA) is 52.1 Å². The van der Waals surface area contributed by atoms with E-state index in [1.807, 2.05) is 48.3 Å². The third-order valence-electron chi connectivity index (χ3n) is 2.62. The van der Waals surface area contributed by atoms with Gasteiger partial charge in [0.05, 0.1) is 12.3 Å². The molecule has 0 aliphatic carbocycles. The number of hydrogen-bond donors (Lipinski definition) is 2. The van der Waals surface area contributed by atoms with Crippen molar-refractivity contribution in [3.63, 3.8) is 0 Å². The van der Waals surface area contributed by atoms with Crippen LogP contribution in [0.1, 0.15) is 5.69 Å². The second-order valence-corrected chi connectivity index (χ2v) is 4.11. The molecule has 4 nitrogen and oxygen atoms in total. The summed E-state index contributed by atoms with van der Waals surface area (Å²) in [5.74, 6) is 0. The van der Waals surface area contributed by atoms with Crippen LogP contribution < -0.4 is 0 Å². The van der Waals surface area contributed by atoms with Gasteiger partial charge in [0.15, 0.2) is 0 Å². The van der Waals surface area contributed by atoms with Crippen LogP contribution in [0.25, 0.3) is 11.3 Å². The molecule has 1 heterocycles. The van der Waals surface area contributed by atoms with Gasteiger partial charge in [-0.05, 0) is 13.1 Å². The van der Waals surface area contributed by atoms with E-state index < -0.39 is 0 Å². The number of nitrogens with zero attached hydrogens (tertiary/aromatic N) is 2. The van der Waals surface area contributed by atoms with Gasteiger partial charge in [-0.3, -0.25) is 10.00 Å². The lowest BCUT2D eigenvalue weighted by Gasteiger charge is -2.12. The molecule has 0 atom stereocenters. The summed E-state index contributed by atoms with van der Waals surface area (Å²) >= 11 is 0. The van der Waals surface area contributed by atoms with Crippen molar-refractivity contribution < 1.29 is 5.11 Å². The predicted molar refractivity (Wildman–Crippen MR) is 67.4 cm³/mol. The summed E-state index contributed by atoms with van der Waals surface area (Å²) in [6.45, 7) is 1.61. The van der Waals surface area contributed by atoms with E-state index in [-0.39, 0.29) is 6.61 Å². The van der Waals surface area contributed by atoms with E-state index in [0.717, 1.165) is 23.5 Å². The largest absolute Gasteiger partial charge is 0.395 e. The normalized spacial score (nSPS) is 11.0. The zero-order chi connectivity index (χ0) is 12.1. The number of H-pyrrole nitrogens is 1. The number of hydrogen-bond acceptors (Lipinski definition) is 3. The number of rotatable bonds is 5. The van der Waals surface area contributed by atoms with E-state index in [1.165, 1.54) is 0 Å². The summed E-state index contributed by atoms with van der Waals surface area (Å²) in [7, 11) is 1.97. The molecule has 0 spiro atoms. The van der Waals surface area contributed by atoms with Crippen molar-refractivity contribution in [1.82, 2.24) is 15.1 Å². The number of aliphatic hydroxyl groups excluding tert-OH is 1. The Labute approximate surface area is 101 Å². The third-order valence-corrected chi connectivity index (χ3v) is 2.62. The van der Waals surface area contributed by atoms with Crippen LogP contribution in [0.3, 0.4) is 0 Å². The Balaban J connectivity index is 2.06. The van der Waals surface area contributed by atoms with Gasteiger partial charge in [-0.15, -0.1) is 0 Å². The van der Waals surface area contributed by atoms with Crippen molar-refractivity contribution >= 4 is 0 Å². The first-order valence-electron chi connectivity index (χ1n) is 5.68. The van der Waals surface area contributed by atoms with E-state index in [2.05, 4.69) is 10.2 Å². The zero-order valence-electron chi connectivity index (χ0n) is 9.93. The molecule has 2 rings (SSSR count). The monoisotopic (exact) mass is 231 g/mol. The summed E-state index contributed by atoms with van der Waals surface area (Å²) in [6.07, 6.45) is 0. The molecule has 0 fully saturated rings. The van der Waals surface area contributed by atoms with Gasteiger partial charge in [-0.2, -0.15) is 5.10 Å². The van der Waals surface area contributed by atoms with Gasteiger partial charge in [-0.25, -0.2) is 0 Å². The van der Waals surface area contributed by atoms with E-state index >= 15 is 0 Å². The summed E-state index contributed by atoms with van der Waals surface area (Å²) < 4.78 is 0. The maximum Gasteiger partial charge on any atom is 0.0924 e. The van der Waals surface area contributed by atoms with Crippen LogP contribution in [0, 0.1) is 0 Å². The molecule has 0 aliphatic rings. The van der Waals surface area contributed by atoms with Crippen molar-refractivity contribution in [3.05, 3.63) is 42.1 Å². The number of aromatic nitrogens is 2. The molecule has 1 aromatic carbocycles. The fourth-order valence-corrected chi connectivity index (χ4v) is 1.74. The minimum absolute atomic E-state index is 0.177. The average molecular weight is 231 g/mol. The Bertz CT molecular complexity index is 453. The van der Waals surface area contributed by atoms with Crippen molar-refractivity contribution in [2.75, 3.05) is 20.2 Å². The average Bonchev–Trinajstić information content (AvgIpc) is 2.79. The Morgan fingerprint density at radius 3 is 2.76 bits per heavy atom. The van der Waals surface area contributed by atoms with Crippen LogP contribution in [-0.4, -0.2) is 40.4 Å². The minimum Gasteiger partial charge on any atom is -0.395 e. The van der Waals surface area contributed by atoms with Crippen molar-refractivity contribution in [2.24, 2.45) is 0 Å². The van der Waals surface area contributed by atoms with Crippen molar-refractivity contribution in [2.45, 2.75) is 6.54 Å². The molecule has 0 radical (unpaired) electrons. The molecule has 0 unspecified atom stereocenters. The molecule has 4 heteroatoms. The Hall–Kier alpha value is -1.65. The molecule has 2 N–H and O–H groups in total. The summed E-state index contributed by atoms with van der Waals surface area (Å²) in [6, 6.07) is 12.1. The molecular formula is C13H17N3O. The molecule has 0 amide bonds. The maximum absolute atomic E-state index is 8.83. The fourth-order valence-electron chi connectivity index (χ4n) is 1.74. The minimum atomic E-state index is 0.177. The summed E-state index contributed by atoms with van der Waals surface area (Å²) in [4.78, 5) is 2.04. The van der Waals surface area contributed by atoms with Gasteiger partial charge in [-0.1, -0.05) is 30.3 Å². The van der Waals surface area contributed by atoms with Gasteiger partial charge in [0.25, 0.3) is 0 Å². The summed E-state index contributed by atoms with van der Waals surface area (Å²) in [5.41, 5.74) is 3.12. The SMILES string of the molecule is CN(CCO)Cc1cc(-c2ccccc2)n[nH]1. The van der Waals surface area contributed by atoms with Crippen LogP contribution in [0.2, 0.25) is 0 Å². The van der Waals surface area contributed by atoms with E-state index in [1.54, 1.807) is 0 Å². The number of benzene rings is 1. The predicted octanol–water partition coefficient (Wildman–Crippen LogP) is 1.50. The van der Waals surface area contributed by atoms with Crippen LogP contribution >= 0.6 is 0 Å². The lowest BCUT2D eigenvalue weighted by molar-refractivity contribution is 0.216. The first-order valence-corrected chi connectivity index (χ1v) is 5.68. The second-order valence-electron chi connectivity index (χ2n) is 4.11. The van der Waals surface area contributed by atoms with Gasteiger partial charge >= 0.3 is 0 Å². The van der Waals surface area contributed by atoms with Crippen LogP contribution in [0.5, 0.6) is 0 Å². The van der Waals surface area contributed by atoms with Gasteiger partial charge in [0.2, 0.25) is 0 Å². The molecule has 0 saturated carbocycles. The van der Waals surface area contributed by atoms with E-state index in [0.29, 0.717) is 6.54 Å². The highest BCUT2D eigenvalue weighted by Crippen LogP contribution is 2.17. The fraction of sp³-hybridized carbons (Fsp3) is 0.308. The highest BCUT2D eigenvalue weighted by Gasteiger charge is 2.05. The molecule has 1 aromatic heterocycles. The quantitative estimate of drug-likeness (QED) is 0.820. The maximum atomic E-state index is 8.83. The van der Waals surface area contributed by atoms with Crippen LogP contribution in [0.15, 0.2) is 36.4 Å². The third kappa shape index (κ3) is 3.15. The zero-order valence-corrected chi connectivity index (χ0v) is 9.93. The molecule has 0 aliphatic heterocycles. The lowest BCUT2D eigenvalue weighted by Crippen LogP contribution is -2.21. The number of aliphatic hydroxyl groups is 1. The Kier molecular flexibility index (Phi) is 3.90. The molecular weight excluding hydrogens is 214 g/mol. The Morgan fingerprint density at radius 2 is 2.06 bits per heavy atom. The van der Waals surface area contributed by atoms with E-state index in [4.69, 9.17) is 5.11 Å². The number of nitrogens with one attached hydrogen (secondary N) is 1. The molecule has 2 aromatic rings. The number of aromatic amines is 1. The highest BCUT2D eigenvalue weighted by atomic mass is 16.3.